The molecule has 0 aromatic carbocycles. The Balaban J connectivity index is 0. The Labute approximate surface area is 108 Å². The summed E-state index contributed by atoms with van der Waals surface area (Å²) in [6, 6.07) is 0. The van der Waals surface area contributed by atoms with E-state index in [1.54, 1.807) is 0 Å². The molecule has 0 rings (SSSR count). The molecule has 80 valence electrons. The van der Waals surface area contributed by atoms with Crippen LogP contribution in [0.15, 0.2) is 0 Å². The summed E-state index contributed by atoms with van der Waals surface area (Å²) in [5.41, 5.74) is 0. The normalized spacial score (nSPS) is 9.50. The number of carboxylic acid groups (broad SMARTS) is 1. The van der Waals surface area contributed by atoms with Gasteiger partial charge in [-0.1, -0.05) is 51.9 Å². The number of hydrogen-bond donors (Lipinski definition) is 1. The van der Waals surface area contributed by atoms with E-state index in [0.717, 1.165) is 12.8 Å². The van der Waals surface area contributed by atoms with E-state index in [1.807, 2.05) is 0 Å². The Kier molecular flexibility index (Phi) is 16.1. The minimum atomic E-state index is -0.661. The average molecular weight is 299 g/mol. The van der Waals surface area contributed by atoms with Gasteiger partial charge in [-0.05, 0) is 6.42 Å². The summed E-state index contributed by atoms with van der Waals surface area (Å²) in [5, 5.41) is 8.39. The van der Waals surface area contributed by atoms with Crippen molar-refractivity contribution in [2.75, 3.05) is 0 Å². The maximum Gasteiger partial charge on any atom is 0.303 e. The van der Waals surface area contributed by atoms with E-state index in [-0.39, 0.29) is 27.3 Å². The topological polar surface area (TPSA) is 37.3 Å². The van der Waals surface area contributed by atoms with Crippen LogP contribution >= 0.6 is 0 Å². The van der Waals surface area contributed by atoms with Crippen molar-refractivity contribution in [1.82, 2.24) is 0 Å². The van der Waals surface area contributed by atoms with E-state index in [1.165, 1.54) is 38.5 Å². The number of rotatable bonds is 9. The van der Waals surface area contributed by atoms with Crippen LogP contribution in [0.5, 0.6) is 0 Å². The first kappa shape index (κ1) is 16.8. The molecule has 0 aromatic rings. The van der Waals surface area contributed by atoms with Crippen molar-refractivity contribution in [2.45, 2.75) is 64.7 Å². The van der Waals surface area contributed by atoms with Crippen LogP contribution in [0.4, 0.5) is 0 Å². The Bertz CT molecular complexity index is 126. The average Bonchev–Trinajstić information content (AvgIpc) is 2.09. The van der Waals surface area contributed by atoms with Crippen molar-refractivity contribution in [2.24, 2.45) is 0 Å². The fraction of sp³-hybridized carbons (Fsp3) is 0.909. The minimum Gasteiger partial charge on any atom is -0.481 e. The van der Waals surface area contributed by atoms with Crippen molar-refractivity contribution < 1.29 is 37.2 Å². The van der Waals surface area contributed by atoms with Crippen LogP contribution in [0.1, 0.15) is 64.7 Å². The Morgan fingerprint density at radius 3 is 1.79 bits per heavy atom. The van der Waals surface area contributed by atoms with Crippen molar-refractivity contribution in [3.63, 3.8) is 0 Å². The van der Waals surface area contributed by atoms with Crippen LogP contribution in [0.3, 0.4) is 0 Å². The molecule has 0 aliphatic rings. The molecule has 0 fully saturated rings. The van der Waals surface area contributed by atoms with Gasteiger partial charge in [-0.25, -0.2) is 0 Å². The fourth-order valence-corrected chi connectivity index (χ4v) is 1.41. The zero-order valence-electron chi connectivity index (χ0n) is 9.43. The van der Waals surface area contributed by atoms with Gasteiger partial charge in [-0.3, -0.25) is 4.79 Å². The predicted octanol–water partition coefficient (Wildman–Crippen LogP) is 3.60. The number of carboxylic acids is 1. The number of unbranched alkanes of at least 4 members (excludes halogenated alkanes) is 7. The first-order valence-corrected chi connectivity index (χ1v) is 5.49. The molecule has 0 bridgehead atoms. The van der Waals surface area contributed by atoms with Crippen LogP contribution < -0.4 is 0 Å². The summed E-state index contributed by atoms with van der Waals surface area (Å²) in [7, 11) is 0. The number of carbonyl (C=O) groups is 1. The van der Waals surface area contributed by atoms with Gasteiger partial charge in [0, 0.05) is 33.7 Å². The first-order valence-electron chi connectivity index (χ1n) is 5.49. The van der Waals surface area contributed by atoms with Gasteiger partial charge in [0.25, 0.3) is 0 Å². The van der Waals surface area contributed by atoms with Crippen LogP contribution in [0.25, 0.3) is 0 Å². The second-order valence-electron chi connectivity index (χ2n) is 3.62. The second kappa shape index (κ2) is 13.4. The molecule has 0 aromatic heterocycles. The zero-order valence-corrected chi connectivity index (χ0v) is 13.5. The van der Waals surface area contributed by atoms with Gasteiger partial charge in [-0.15, -0.1) is 0 Å². The van der Waals surface area contributed by atoms with Crippen LogP contribution in [0.2, 0.25) is 0 Å². The molecule has 14 heavy (non-hydrogen) atoms. The molecule has 0 amide bonds. The standard InChI is InChI=1S/C11H22O2.Cd/c1-2-3-4-5-6-7-8-9-10-11(12)13;/h2-10H2,1H3,(H,12,13);. The molecule has 0 aliphatic heterocycles. The van der Waals surface area contributed by atoms with Gasteiger partial charge < -0.3 is 5.11 Å². The third-order valence-corrected chi connectivity index (χ3v) is 2.24. The molecule has 0 heterocycles. The molecule has 0 radical (unpaired) electrons. The third kappa shape index (κ3) is 14.9. The number of aliphatic carboxylic acids is 1. The van der Waals surface area contributed by atoms with Gasteiger partial charge in [-0.2, -0.15) is 0 Å². The summed E-state index contributed by atoms with van der Waals surface area (Å²) < 4.78 is 0. The molecule has 1 N–H and O–H groups in total. The Morgan fingerprint density at radius 2 is 1.36 bits per heavy atom. The van der Waals surface area contributed by atoms with Crippen LogP contribution in [-0.4, -0.2) is 11.1 Å². The molecular weight excluding hydrogens is 277 g/mol. The molecule has 2 nitrogen and oxygen atoms in total. The fourth-order valence-electron chi connectivity index (χ4n) is 1.41. The maximum atomic E-state index is 10.2. The minimum absolute atomic E-state index is 0. The summed E-state index contributed by atoms with van der Waals surface area (Å²) in [5.74, 6) is -0.661. The summed E-state index contributed by atoms with van der Waals surface area (Å²) >= 11 is 0. The van der Waals surface area contributed by atoms with Crippen LogP contribution in [-0.2, 0) is 32.1 Å². The van der Waals surface area contributed by atoms with Crippen molar-refractivity contribution in [3.05, 3.63) is 0 Å². The van der Waals surface area contributed by atoms with Gasteiger partial charge >= 0.3 is 5.97 Å². The molecule has 0 aliphatic carbocycles. The quantitative estimate of drug-likeness (QED) is 0.521. The van der Waals surface area contributed by atoms with E-state index in [4.69, 9.17) is 5.11 Å². The second-order valence-corrected chi connectivity index (χ2v) is 3.62. The molecule has 0 atom stereocenters. The third-order valence-electron chi connectivity index (χ3n) is 2.24. The summed E-state index contributed by atoms with van der Waals surface area (Å²) in [6.45, 7) is 2.22. The summed E-state index contributed by atoms with van der Waals surface area (Å²) in [6.07, 6.45) is 10.1. The predicted molar refractivity (Wildman–Crippen MR) is 54.9 cm³/mol. The van der Waals surface area contributed by atoms with E-state index in [0.29, 0.717) is 6.42 Å². The first-order chi connectivity index (χ1) is 6.27. The Hall–Kier alpha value is 0.392. The molecule has 0 spiro atoms. The van der Waals surface area contributed by atoms with E-state index in [2.05, 4.69) is 6.92 Å². The van der Waals surface area contributed by atoms with Crippen molar-refractivity contribution in [1.29, 1.82) is 0 Å². The largest absolute Gasteiger partial charge is 0.481 e. The van der Waals surface area contributed by atoms with Gasteiger partial charge in [0.1, 0.15) is 0 Å². The van der Waals surface area contributed by atoms with E-state index in [9.17, 15) is 4.79 Å². The van der Waals surface area contributed by atoms with E-state index < -0.39 is 5.97 Å². The maximum absolute atomic E-state index is 10.2. The monoisotopic (exact) mass is 300 g/mol. The molecule has 3 heteroatoms. The number of hydrogen-bond acceptors (Lipinski definition) is 1. The van der Waals surface area contributed by atoms with Crippen LogP contribution in [0, 0.1) is 0 Å². The van der Waals surface area contributed by atoms with Crippen molar-refractivity contribution in [3.8, 4) is 0 Å². The van der Waals surface area contributed by atoms with Gasteiger partial charge in [0.05, 0.1) is 0 Å². The zero-order chi connectivity index (χ0) is 9.94. The molecule has 0 saturated carbocycles. The Morgan fingerprint density at radius 1 is 0.929 bits per heavy atom. The SMILES string of the molecule is CCCCCCCCCCC(=O)O.[Cd]. The molecular formula is C11H22CdO2. The molecule has 0 unspecified atom stereocenters. The van der Waals surface area contributed by atoms with Gasteiger partial charge in [0.15, 0.2) is 0 Å². The van der Waals surface area contributed by atoms with Crippen molar-refractivity contribution >= 4 is 5.97 Å². The molecule has 0 saturated heterocycles. The summed E-state index contributed by atoms with van der Waals surface area (Å²) in [4.78, 5) is 10.2. The van der Waals surface area contributed by atoms with E-state index >= 15 is 0 Å². The van der Waals surface area contributed by atoms with Gasteiger partial charge in [0.2, 0.25) is 0 Å². The smallest absolute Gasteiger partial charge is 0.303 e.